The molecule has 0 radical (unpaired) electrons. The van der Waals surface area contributed by atoms with E-state index in [0.29, 0.717) is 17.0 Å². The molecular weight excluding hydrogens is 362 g/mol. The first-order chi connectivity index (χ1) is 14.1. The highest BCUT2D eigenvalue weighted by molar-refractivity contribution is 5.64. The van der Waals surface area contributed by atoms with E-state index in [2.05, 4.69) is 13.0 Å². The van der Waals surface area contributed by atoms with Crippen molar-refractivity contribution in [3.8, 4) is 11.1 Å². The fourth-order valence-corrected chi connectivity index (χ4v) is 5.91. The lowest BCUT2D eigenvalue weighted by Crippen LogP contribution is -2.30. The van der Waals surface area contributed by atoms with Crippen LogP contribution in [0.15, 0.2) is 42.5 Å². The molecule has 0 aromatic heterocycles. The van der Waals surface area contributed by atoms with E-state index in [4.69, 9.17) is 0 Å². The average Bonchev–Trinajstić information content (AvgIpc) is 2.73. The predicted molar refractivity (Wildman–Crippen MR) is 117 cm³/mol. The molecule has 4 atom stereocenters. The molecule has 29 heavy (non-hydrogen) atoms. The summed E-state index contributed by atoms with van der Waals surface area (Å²) in [6.45, 7) is 2.28. The Kier molecular flexibility index (Phi) is 6.67. The molecule has 4 unspecified atom stereocenters. The fraction of sp³-hybridized carbons (Fsp3) is 0.556. The monoisotopic (exact) mass is 396 g/mol. The smallest absolute Gasteiger partial charge is 0.131 e. The second-order valence-electron chi connectivity index (χ2n) is 9.45. The summed E-state index contributed by atoms with van der Waals surface area (Å²) in [7, 11) is 0. The number of hydrogen-bond donors (Lipinski definition) is 0. The van der Waals surface area contributed by atoms with E-state index in [9.17, 15) is 8.78 Å². The molecule has 0 aliphatic heterocycles. The second kappa shape index (κ2) is 9.41. The predicted octanol–water partition coefficient (Wildman–Crippen LogP) is 8.51. The molecular formula is C27H34F2. The maximum Gasteiger partial charge on any atom is 0.131 e. The molecule has 0 spiro atoms. The SMILES string of the molecule is CCCCCC1CCC2CC(c3ccc(-c4cccc(F)c4)c(F)c3)CCC2C1. The molecule has 2 aromatic rings. The minimum Gasteiger partial charge on any atom is -0.207 e. The summed E-state index contributed by atoms with van der Waals surface area (Å²) in [6.07, 6.45) is 13.4. The third kappa shape index (κ3) is 4.90. The molecule has 2 aromatic carbocycles. The van der Waals surface area contributed by atoms with Crippen molar-refractivity contribution in [2.75, 3.05) is 0 Å². The Morgan fingerprint density at radius 1 is 0.862 bits per heavy atom. The maximum atomic E-state index is 14.8. The lowest BCUT2D eigenvalue weighted by molar-refractivity contribution is 0.113. The molecule has 0 amide bonds. The maximum absolute atomic E-state index is 14.8. The number of fused-ring (bicyclic) bond motifs is 1. The van der Waals surface area contributed by atoms with E-state index in [0.717, 1.165) is 23.3 Å². The normalized spacial score (nSPS) is 26.9. The molecule has 0 N–H and O–H groups in total. The molecule has 2 aliphatic carbocycles. The van der Waals surface area contributed by atoms with E-state index in [1.165, 1.54) is 76.3 Å². The van der Waals surface area contributed by atoms with Crippen LogP contribution in [-0.2, 0) is 0 Å². The van der Waals surface area contributed by atoms with Crippen LogP contribution in [0.1, 0.15) is 82.6 Å². The van der Waals surface area contributed by atoms with Gasteiger partial charge >= 0.3 is 0 Å². The Labute approximate surface area is 174 Å². The van der Waals surface area contributed by atoms with Gasteiger partial charge in [-0.1, -0.05) is 63.3 Å². The zero-order valence-corrected chi connectivity index (χ0v) is 17.7. The highest BCUT2D eigenvalue weighted by Crippen LogP contribution is 2.48. The van der Waals surface area contributed by atoms with Gasteiger partial charge in [-0.3, -0.25) is 0 Å². The average molecular weight is 397 g/mol. The van der Waals surface area contributed by atoms with E-state index in [-0.39, 0.29) is 11.6 Å². The minimum atomic E-state index is -0.324. The molecule has 2 fully saturated rings. The van der Waals surface area contributed by atoms with E-state index >= 15 is 0 Å². The van der Waals surface area contributed by atoms with Crippen molar-refractivity contribution in [3.05, 3.63) is 59.7 Å². The van der Waals surface area contributed by atoms with Crippen LogP contribution < -0.4 is 0 Å². The van der Waals surface area contributed by atoms with Crippen molar-refractivity contribution >= 4 is 0 Å². The summed E-state index contributed by atoms with van der Waals surface area (Å²) in [5.74, 6) is 2.58. The van der Waals surface area contributed by atoms with Gasteiger partial charge in [0, 0.05) is 5.56 Å². The topological polar surface area (TPSA) is 0 Å². The lowest BCUT2D eigenvalue weighted by Gasteiger charge is -2.42. The first-order valence-corrected chi connectivity index (χ1v) is 11.7. The minimum absolute atomic E-state index is 0.227. The number of hydrogen-bond acceptors (Lipinski definition) is 0. The number of unbranched alkanes of at least 4 members (excludes halogenated alkanes) is 2. The van der Waals surface area contributed by atoms with Gasteiger partial charge in [-0.2, -0.15) is 0 Å². The first kappa shape index (κ1) is 20.6. The standard InChI is InChI=1S/C27H34F2/c1-2-3-4-6-19-9-10-21-16-22(12-11-20(21)15-19)23-13-14-26(27(29)18-23)24-7-5-8-25(28)17-24/h5,7-8,13-14,17-22H,2-4,6,9-12,15-16H2,1H3. The van der Waals surface area contributed by atoms with Gasteiger partial charge < -0.3 is 0 Å². The van der Waals surface area contributed by atoms with Crippen LogP contribution in [0, 0.1) is 29.4 Å². The van der Waals surface area contributed by atoms with E-state index < -0.39 is 0 Å². The van der Waals surface area contributed by atoms with Crippen molar-refractivity contribution in [2.45, 2.75) is 77.0 Å². The Hall–Kier alpha value is -1.70. The Morgan fingerprint density at radius 3 is 2.48 bits per heavy atom. The molecule has 2 heteroatoms. The number of benzene rings is 2. The van der Waals surface area contributed by atoms with Crippen LogP contribution in [0.2, 0.25) is 0 Å². The number of rotatable bonds is 6. The Morgan fingerprint density at radius 2 is 1.69 bits per heavy atom. The van der Waals surface area contributed by atoms with Crippen molar-refractivity contribution in [1.29, 1.82) is 0 Å². The Bertz CT molecular complexity index is 812. The van der Waals surface area contributed by atoms with Gasteiger partial charge in [0.15, 0.2) is 0 Å². The van der Waals surface area contributed by atoms with Crippen LogP contribution in [0.5, 0.6) is 0 Å². The van der Waals surface area contributed by atoms with Gasteiger partial charge in [-0.25, -0.2) is 8.78 Å². The molecule has 156 valence electrons. The van der Waals surface area contributed by atoms with Gasteiger partial charge in [0.2, 0.25) is 0 Å². The van der Waals surface area contributed by atoms with Gasteiger partial charge in [-0.05, 0) is 85.1 Å². The largest absolute Gasteiger partial charge is 0.207 e. The zero-order chi connectivity index (χ0) is 20.2. The van der Waals surface area contributed by atoms with Crippen LogP contribution in [0.4, 0.5) is 8.78 Å². The molecule has 0 nitrogen and oxygen atoms in total. The highest BCUT2D eigenvalue weighted by Gasteiger charge is 2.35. The summed E-state index contributed by atoms with van der Waals surface area (Å²) in [5.41, 5.74) is 2.24. The third-order valence-corrected chi connectivity index (χ3v) is 7.54. The summed E-state index contributed by atoms with van der Waals surface area (Å²) in [4.78, 5) is 0. The lowest BCUT2D eigenvalue weighted by atomic mass is 9.63. The third-order valence-electron chi connectivity index (χ3n) is 7.54. The van der Waals surface area contributed by atoms with Gasteiger partial charge in [0.05, 0.1) is 0 Å². The quantitative estimate of drug-likeness (QED) is 0.429. The van der Waals surface area contributed by atoms with Crippen molar-refractivity contribution in [1.82, 2.24) is 0 Å². The highest BCUT2D eigenvalue weighted by atomic mass is 19.1. The van der Waals surface area contributed by atoms with E-state index in [1.54, 1.807) is 18.2 Å². The Balaban J connectivity index is 1.39. The molecule has 2 saturated carbocycles. The molecule has 0 saturated heterocycles. The van der Waals surface area contributed by atoms with E-state index in [1.807, 2.05) is 6.07 Å². The van der Waals surface area contributed by atoms with Crippen molar-refractivity contribution in [3.63, 3.8) is 0 Å². The molecule has 2 aliphatic rings. The second-order valence-corrected chi connectivity index (χ2v) is 9.45. The zero-order valence-electron chi connectivity index (χ0n) is 17.7. The van der Waals surface area contributed by atoms with Crippen LogP contribution in [0.25, 0.3) is 11.1 Å². The molecule has 4 rings (SSSR count). The molecule has 0 bridgehead atoms. The van der Waals surface area contributed by atoms with Gasteiger partial charge in [0.1, 0.15) is 11.6 Å². The van der Waals surface area contributed by atoms with Crippen LogP contribution >= 0.6 is 0 Å². The van der Waals surface area contributed by atoms with Crippen molar-refractivity contribution in [2.24, 2.45) is 17.8 Å². The van der Waals surface area contributed by atoms with Crippen LogP contribution in [0.3, 0.4) is 0 Å². The summed E-state index contributed by atoms with van der Waals surface area (Å²) in [5, 5.41) is 0. The summed E-state index contributed by atoms with van der Waals surface area (Å²) in [6, 6.07) is 11.8. The summed E-state index contributed by atoms with van der Waals surface area (Å²) >= 11 is 0. The molecule has 0 heterocycles. The van der Waals surface area contributed by atoms with Crippen LogP contribution in [-0.4, -0.2) is 0 Å². The van der Waals surface area contributed by atoms with Gasteiger partial charge in [0.25, 0.3) is 0 Å². The number of halogens is 2. The summed E-state index contributed by atoms with van der Waals surface area (Å²) < 4.78 is 28.3. The van der Waals surface area contributed by atoms with Gasteiger partial charge in [-0.15, -0.1) is 0 Å². The fourth-order valence-electron chi connectivity index (χ4n) is 5.91. The first-order valence-electron chi connectivity index (χ1n) is 11.7. The van der Waals surface area contributed by atoms with Crippen molar-refractivity contribution < 1.29 is 8.78 Å².